The standard InChI is InChI=1S/C64H60/c1-59(2,3)38-22-29-51-46(33-38)47-34-39(60(4,5)6)23-30-52(47)63(51)50-20-16-15-19-43(50)44-26-27-45-56-42-18-14-13-17-37(42)21-28-55(56)64(58(45)57(44)63)53-31-24-40(61(7,8)9)35-48(53)49-36-41(62(10,11)12)25-32-54(49)64/h13-36H,1-12H3. The van der Waals surface area contributed by atoms with Gasteiger partial charge in [0.15, 0.2) is 0 Å². The summed E-state index contributed by atoms with van der Waals surface area (Å²) in [6.45, 7) is 28.3. The number of hydrogen-bond donors (Lipinski definition) is 0. The summed E-state index contributed by atoms with van der Waals surface area (Å²) in [4.78, 5) is 0. The number of benzene rings is 8. The Hall–Kier alpha value is -5.98. The zero-order chi connectivity index (χ0) is 44.7. The highest BCUT2D eigenvalue weighted by molar-refractivity contribution is 6.09. The molecule has 0 radical (unpaired) electrons. The van der Waals surface area contributed by atoms with Crippen LogP contribution in [0.1, 0.15) is 150 Å². The minimum absolute atomic E-state index is 0.00116. The molecule has 0 aliphatic heterocycles. The van der Waals surface area contributed by atoms with Crippen molar-refractivity contribution in [3.63, 3.8) is 0 Å². The van der Waals surface area contributed by atoms with Crippen LogP contribution in [0.4, 0.5) is 0 Å². The fourth-order valence-corrected chi connectivity index (χ4v) is 12.7. The number of rotatable bonds is 0. The molecule has 0 nitrogen and oxygen atoms in total. The molecular formula is C64H60. The molecular weight excluding hydrogens is 769 g/mol. The molecule has 0 saturated heterocycles. The molecule has 8 aromatic rings. The summed E-state index contributed by atoms with van der Waals surface area (Å²) in [5, 5.41) is 2.61. The first-order valence-corrected chi connectivity index (χ1v) is 23.7. The quantitative estimate of drug-likeness (QED) is 0.143. The average Bonchev–Trinajstić information content (AvgIpc) is 3.93. The molecule has 0 aromatic heterocycles. The third-order valence-corrected chi connectivity index (χ3v) is 15.9. The van der Waals surface area contributed by atoms with Gasteiger partial charge < -0.3 is 0 Å². The van der Waals surface area contributed by atoms with Gasteiger partial charge in [0.2, 0.25) is 0 Å². The molecule has 0 saturated carbocycles. The molecule has 8 aromatic carbocycles. The second-order valence-electron chi connectivity index (χ2n) is 23.7. The predicted molar refractivity (Wildman–Crippen MR) is 271 cm³/mol. The van der Waals surface area contributed by atoms with Gasteiger partial charge in [-0.1, -0.05) is 229 Å². The molecule has 0 bridgehead atoms. The molecule has 0 unspecified atom stereocenters. The fraction of sp³-hybridized carbons (Fsp3) is 0.281. The van der Waals surface area contributed by atoms with E-state index in [4.69, 9.17) is 0 Å². The van der Waals surface area contributed by atoms with Crippen LogP contribution >= 0.6 is 0 Å². The van der Waals surface area contributed by atoms with Crippen LogP contribution in [0.15, 0.2) is 146 Å². The van der Waals surface area contributed by atoms with E-state index in [2.05, 4.69) is 229 Å². The van der Waals surface area contributed by atoms with E-state index >= 15 is 0 Å². The van der Waals surface area contributed by atoms with Crippen LogP contribution in [0, 0.1) is 0 Å². The van der Waals surface area contributed by atoms with Crippen molar-refractivity contribution in [2.24, 2.45) is 0 Å². The average molecular weight is 829 g/mol. The molecule has 0 N–H and O–H groups in total. The Morgan fingerprint density at radius 1 is 0.281 bits per heavy atom. The second-order valence-corrected chi connectivity index (χ2v) is 23.7. The Morgan fingerprint density at radius 2 is 0.641 bits per heavy atom. The molecule has 4 aliphatic carbocycles. The van der Waals surface area contributed by atoms with Crippen molar-refractivity contribution in [1.29, 1.82) is 0 Å². The maximum absolute atomic E-state index is 2.56. The van der Waals surface area contributed by atoms with Crippen LogP contribution in [0.25, 0.3) is 55.3 Å². The van der Waals surface area contributed by atoms with E-state index in [1.165, 1.54) is 122 Å². The first kappa shape index (κ1) is 39.6. The monoisotopic (exact) mass is 828 g/mol. The van der Waals surface area contributed by atoms with Crippen LogP contribution < -0.4 is 0 Å². The zero-order valence-electron chi connectivity index (χ0n) is 39.9. The van der Waals surface area contributed by atoms with Crippen LogP contribution in [-0.4, -0.2) is 0 Å². The van der Waals surface area contributed by atoms with E-state index in [0.717, 1.165) is 0 Å². The van der Waals surface area contributed by atoms with Crippen molar-refractivity contribution < 1.29 is 0 Å². The molecule has 316 valence electrons. The Labute approximate surface area is 381 Å². The van der Waals surface area contributed by atoms with Gasteiger partial charge in [-0.2, -0.15) is 0 Å². The van der Waals surface area contributed by atoms with Gasteiger partial charge in [-0.3, -0.25) is 0 Å². The highest BCUT2D eigenvalue weighted by atomic mass is 14.6. The SMILES string of the molecule is CC(C)(C)c1ccc2c(c1)-c1cc(C(C)(C)C)ccc1C21c2ccccc2-c2ccc3c(c21)C1(c2ccc(C(C)(C)C)cc2-c2cc(C(C)(C)C)ccc21)c1ccc2ccccc2c1-3. The lowest BCUT2D eigenvalue weighted by molar-refractivity contribution is 0.589. The van der Waals surface area contributed by atoms with Crippen molar-refractivity contribution in [2.45, 2.75) is 116 Å². The summed E-state index contributed by atoms with van der Waals surface area (Å²) in [6, 6.07) is 58.6. The molecule has 64 heavy (non-hydrogen) atoms. The highest BCUT2D eigenvalue weighted by Crippen LogP contribution is 2.71. The molecule has 0 atom stereocenters. The van der Waals surface area contributed by atoms with E-state index in [1.807, 2.05) is 0 Å². The normalized spacial score (nSPS) is 15.8. The zero-order valence-corrected chi connectivity index (χ0v) is 39.9. The van der Waals surface area contributed by atoms with Crippen molar-refractivity contribution in [2.75, 3.05) is 0 Å². The largest absolute Gasteiger partial charge is 0.0729 e. The first-order valence-electron chi connectivity index (χ1n) is 23.7. The molecule has 4 aliphatic rings. The number of hydrogen-bond acceptors (Lipinski definition) is 0. The summed E-state index contributed by atoms with van der Waals surface area (Å²) in [5.74, 6) is 0. The minimum Gasteiger partial charge on any atom is -0.0619 e. The van der Waals surface area contributed by atoms with Gasteiger partial charge in [-0.25, -0.2) is 0 Å². The number of fused-ring (bicyclic) bond motifs is 23. The topological polar surface area (TPSA) is 0 Å². The molecule has 0 heteroatoms. The molecule has 12 rings (SSSR count). The van der Waals surface area contributed by atoms with Crippen molar-refractivity contribution in [3.05, 3.63) is 212 Å². The summed E-state index contributed by atoms with van der Waals surface area (Å²) in [5.41, 5.74) is 26.7. The fourth-order valence-electron chi connectivity index (χ4n) is 12.7. The van der Waals surface area contributed by atoms with Gasteiger partial charge in [-0.05, 0) is 144 Å². The summed E-state index contributed by atoms with van der Waals surface area (Å²) in [7, 11) is 0. The molecule has 0 amide bonds. The maximum atomic E-state index is 2.56. The predicted octanol–water partition coefficient (Wildman–Crippen LogP) is 16.7. The van der Waals surface area contributed by atoms with Gasteiger partial charge in [0.1, 0.15) is 0 Å². The Morgan fingerprint density at radius 3 is 1.11 bits per heavy atom. The molecule has 0 heterocycles. The van der Waals surface area contributed by atoms with E-state index in [0.29, 0.717) is 0 Å². The van der Waals surface area contributed by atoms with E-state index in [9.17, 15) is 0 Å². The van der Waals surface area contributed by atoms with Gasteiger partial charge >= 0.3 is 0 Å². The summed E-state index contributed by atoms with van der Waals surface area (Å²) >= 11 is 0. The van der Waals surface area contributed by atoms with Crippen molar-refractivity contribution in [3.8, 4) is 44.5 Å². The summed E-state index contributed by atoms with van der Waals surface area (Å²) in [6.07, 6.45) is 0. The first-order chi connectivity index (χ1) is 30.3. The third kappa shape index (κ3) is 4.90. The Kier molecular flexibility index (Phi) is 7.69. The van der Waals surface area contributed by atoms with Crippen molar-refractivity contribution >= 4 is 10.8 Å². The molecule has 0 fully saturated rings. The lowest BCUT2D eigenvalue weighted by atomic mass is 9.62. The van der Waals surface area contributed by atoms with Gasteiger partial charge in [-0.15, -0.1) is 0 Å². The lowest BCUT2D eigenvalue weighted by Crippen LogP contribution is -2.33. The highest BCUT2D eigenvalue weighted by Gasteiger charge is 2.60. The summed E-state index contributed by atoms with van der Waals surface area (Å²) < 4.78 is 0. The van der Waals surface area contributed by atoms with Crippen molar-refractivity contribution in [1.82, 2.24) is 0 Å². The van der Waals surface area contributed by atoms with Crippen LogP contribution in [0.5, 0.6) is 0 Å². The van der Waals surface area contributed by atoms with Crippen LogP contribution in [0.3, 0.4) is 0 Å². The van der Waals surface area contributed by atoms with E-state index in [-0.39, 0.29) is 21.7 Å². The maximum Gasteiger partial charge on any atom is 0.0729 e. The lowest BCUT2D eigenvalue weighted by Gasteiger charge is -2.38. The second kappa shape index (κ2) is 12.4. The Bertz CT molecular complexity index is 3230. The molecule has 2 spiro atoms. The Balaban J connectivity index is 1.31. The smallest absolute Gasteiger partial charge is 0.0619 e. The van der Waals surface area contributed by atoms with Gasteiger partial charge in [0.05, 0.1) is 10.8 Å². The van der Waals surface area contributed by atoms with E-state index in [1.54, 1.807) is 0 Å². The van der Waals surface area contributed by atoms with Gasteiger partial charge in [0.25, 0.3) is 0 Å². The van der Waals surface area contributed by atoms with Crippen LogP contribution in [0.2, 0.25) is 0 Å². The third-order valence-electron chi connectivity index (χ3n) is 15.9. The van der Waals surface area contributed by atoms with Gasteiger partial charge in [0, 0.05) is 0 Å². The minimum atomic E-state index is -0.563. The van der Waals surface area contributed by atoms with Crippen LogP contribution in [-0.2, 0) is 32.5 Å². The van der Waals surface area contributed by atoms with E-state index < -0.39 is 10.8 Å².